The Labute approximate surface area is 123 Å². The van der Waals surface area contributed by atoms with Crippen molar-refractivity contribution in [3.05, 3.63) is 33.7 Å². The standard InChI is InChI=1S/C12H5ClN4S2/c13-6-1-2-7-8(3-6)17-12-11(16-7)18-9(4-14)10(5-15)19-12/h1-3,6,11H. The third-order valence-electron chi connectivity index (χ3n) is 2.56. The number of fused-ring (bicyclic) bond motifs is 2. The Morgan fingerprint density at radius 1 is 1.26 bits per heavy atom. The first kappa shape index (κ1) is 12.6. The predicted molar refractivity (Wildman–Crippen MR) is 79.0 cm³/mol. The number of alkyl halides is 1. The maximum atomic E-state index is 9.03. The second kappa shape index (κ2) is 4.90. The summed E-state index contributed by atoms with van der Waals surface area (Å²) in [5.41, 5.74) is 1.51. The highest BCUT2D eigenvalue weighted by Crippen LogP contribution is 2.42. The van der Waals surface area contributed by atoms with Crippen LogP contribution in [0.2, 0.25) is 0 Å². The van der Waals surface area contributed by atoms with Gasteiger partial charge in [-0.1, -0.05) is 29.6 Å². The van der Waals surface area contributed by atoms with Crippen molar-refractivity contribution < 1.29 is 0 Å². The Morgan fingerprint density at radius 3 is 2.79 bits per heavy atom. The van der Waals surface area contributed by atoms with Gasteiger partial charge in [0, 0.05) is 0 Å². The summed E-state index contributed by atoms with van der Waals surface area (Å²) in [4.78, 5) is 9.84. The Bertz CT molecular complexity index is 687. The fourth-order valence-corrected chi connectivity index (χ4v) is 3.93. The average molecular weight is 305 g/mol. The minimum atomic E-state index is -0.236. The molecule has 0 spiro atoms. The van der Waals surface area contributed by atoms with Crippen LogP contribution in [0.1, 0.15) is 0 Å². The number of hydrogen-bond acceptors (Lipinski definition) is 6. The lowest BCUT2D eigenvalue weighted by atomic mass is 10.1. The molecular formula is C12H5ClN4S2. The van der Waals surface area contributed by atoms with Crippen LogP contribution >= 0.6 is 35.1 Å². The highest BCUT2D eigenvalue weighted by atomic mass is 35.5. The maximum absolute atomic E-state index is 9.03. The van der Waals surface area contributed by atoms with E-state index in [9.17, 15) is 0 Å². The average Bonchev–Trinajstić information content (AvgIpc) is 2.43. The molecule has 0 fully saturated rings. The van der Waals surface area contributed by atoms with Gasteiger partial charge in [0.2, 0.25) is 0 Å². The van der Waals surface area contributed by atoms with Crippen molar-refractivity contribution in [3.63, 3.8) is 0 Å². The molecule has 3 aliphatic rings. The van der Waals surface area contributed by atoms with Crippen LogP contribution in [0.3, 0.4) is 0 Å². The smallest absolute Gasteiger partial charge is 0.150 e. The summed E-state index contributed by atoms with van der Waals surface area (Å²) in [6, 6.07) is 4.07. The molecule has 0 amide bonds. The van der Waals surface area contributed by atoms with E-state index in [1.807, 2.05) is 30.4 Å². The molecule has 0 saturated heterocycles. The minimum Gasteiger partial charge on any atom is -0.261 e. The quantitative estimate of drug-likeness (QED) is 0.645. The summed E-state index contributed by atoms with van der Waals surface area (Å²) >= 11 is 8.49. The van der Waals surface area contributed by atoms with Crippen LogP contribution in [0.4, 0.5) is 0 Å². The largest absolute Gasteiger partial charge is 0.261 e. The van der Waals surface area contributed by atoms with E-state index in [-0.39, 0.29) is 10.8 Å². The molecule has 0 aromatic rings. The van der Waals surface area contributed by atoms with E-state index in [0.717, 1.165) is 16.5 Å². The van der Waals surface area contributed by atoms with Gasteiger partial charge in [-0.05, 0) is 12.2 Å². The van der Waals surface area contributed by atoms with Crippen molar-refractivity contribution >= 4 is 45.9 Å². The van der Waals surface area contributed by atoms with Crippen LogP contribution in [-0.2, 0) is 0 Å². The summed E-state index contributed by atoms with van der Waals surface area (Å²) in [7, 11) is 0. The molecule has 2 heterocycles. The van der Waals surface area contributed by atoms with Crippen molar-refractivity contribution in [2.75, 3.05) is 0 Å². The van der Waals surface area contributed by atoms with Gasteiger partial charge in [-0.15, -0.1) is 11.6 Å². The van der Waals surface area contributed by atoms with E-state index in [1.54, 1.807) is 0 Å². The Hall–Kier alpha value is -1.47. The third kappa shape index (κ3) is 2.23. The third-order valence-corrected chi connectivity index (χ3v) is 5.22. The number of thioether (sulfide) groups is 2. The first-order valence-corrected chi connectivity index (χ1v) is 7.44. The molecule has 2 aliphatic heterocycles. The summed E-state index contributed by atoms with van der Waals surface area (Å²) in [6.07, 6.45) is 5.51. The molecule has 2 unspecified atom stereocenters. The summed E-state index contributed by atoms with van der Waals surface area (Å²) in [5, 5.41) is 18.4. The number of rotatable bonds is 0. The van der Waals surface area contributed by atoms with E-state index < -0.39 is 0 Å². The topological polar surface area (TPSA) is 72.3 Å². The lowest BCUT2D eigenvalue weighted by Crippen LogP contribution is -2.24. The zero-order chi connectivity index (χ0) is 13.4. The molecule has 0 aromatic carbocycles. The lowest BCUT2D eigenvalue weighted by molar-refractivity contribution is 1.16. The van der Waals surface area contributed by atoms with Crippen LogP contribution < -0.4 is 0 Å². The molecule has 0 aromatic heterocycles. The van der Waals surface area contributed by atoms with E-state index in [2.05, 4.69) is 9.98 Å². The second-order valence-electron chi connectivity index (χ2n) is 3.77. The van der Waals surface area contributed by atoms with Crippen LogP contribution in [0.25, 0.3) is 0 Å². The fraction of sp³-hybridized carbons (Fsp3) is 0.167. The number of allylic oxidation sites excluding steroid dienone is 5. The highest BCUT2D eigenvalue weighted by Gasteiger charge is 2.32. The zero-order valence-corrected chi connectivity index (χ0v) is 11.8. The number of hydrogen-bond donors (Lipinski definition) is 0. The van der Waals surface area contributed by atoms with Crippen molar-refractivity contribution in [3.8, 4) is 12.1 Å². The Balaban J connectivity index is 2.02. The lowest BCUT2D eigenvalue weighted by Gasteiger charge is -2.25. The minimum absolute atomic E-state index is 0.184. The summed E-state index contributed by atoms with van der Waals surface area (Å²) in [5.74, 6) is 0. The molecule has 2 atom stereocenters. The van der Waals surface area contributed by atoms with Crippen LogP contribution in [0.15, 0.2) is 43.7 Å². The molecule has 4 nitrogen and oxygen atoms in total. The van der Waals surface area contributed by atoms with Gasteiger partial charge in [0.15, 0.2) is 0 Å². The van der Waals surface area contributed by atoms with Gasteiger partial charge in [0.05, 0.1) is 16.8 Å². The van der Waals surface area contributed by atoms with Gasteiger partial charge >= 0.3 is 0 Å². The van der Waals surface area contributed by atoms with Gasteiger partial charge in [0.1, 0.15) is 32.4 Å². The maximum Gasteiger partial charge on any atom is 0.150 e. The van der Waals surface area contributed by atoms with E-state index in [1.165, 1.54) is 23.5 Å². The fourth-order valence-electron chi connectivity index (χ4n) is 1.74. The van der Waals surface area contributed by atoms with Gasteiger partial charge in [0.25, 0.3) is 0 Å². The molecule has 0 bridgehead atoms. The van der Waals surface area contributed by atoms with Crippen LogP contribution in [0, 0.1) is 22.7 Å². The van der Waals surface area contributed by atoms with Gasteiger partial charge in [-0.3, -0.25) is 4.99 Å². The first-order chi connectivity index (χ1) is 9.21. The first-order valence-electron chi connectivity index (χ1n) is 5.31. The van der Waals surface area contributed by atoms with Crippen molar-refractivity contribution in [1.29, 1.82) is 10.5 Å². The predicted octanol–water partition coefficient (Wildman–Crippen LogP) is 2.97. The molecule has 3 rings (SSSR count). The monoisotopic (exact) mass is 304 g/mol. The molecule has 0 radical (unpaired) electrons. The van der Waals surface area contributed by atoms with Crippen molar-refractivity contribution in [2.45, 2.75) is 10.8 Å². The summed E-state index contributed by atoms with van der Waals surface area (Å²) in [6.45, 7) is 0. The van der Waals surface area contributed by atoms with Gasteiger partial charge < -0.3 is 0 Å². The van der Waals surface area contributed by atoms with Gasteiger partial charge in [-0.25, -0.2) is 4.99 Å². The van der Waals surface area contributed by atoms with E-state index >= 15 is 0 Å². The van der Waals surface area contributed by atoms with Crippen molar-refractivity contribution in [2.24, 2.45) is 9.98 Å². The molecule has 1 aliphatic carbocycles. The summed E-state index contributed by atoms with van der Waals surface area (Å²) < 4.78 is 0. The molecule has 0 N–H and O–H groups in total. The molecular weight excluding hydrogens is 300 g/mol. The number of aliphatic imine (C=N–C) groups is 2. The van der Waals surface area contributed by atoms with Gasteiger partial charge in [-0.2, -0.15) is 10.5 Å². The number of halogens is 1. The SMILES string of the molecule is N#CC1=C(C#N)SC2N=C3C=CC(Cl)C=C3N=C2S1. The normalized spacial score (nSPS) is 28.3. The second-order valence-corrected chi connectivity index (χ2v) is 6.40. The number of nitrogens with zero attached hydrogens (tertiary/aromatic N) is 4. The molecule has 19 heavy (non-hydrogen) atoms. The zero-order valence-electron chi connectivity index (χ0n) is 9.37. The van der Waals surface area contributed by atoms with Crippen LogP contribution in [-0.4, -0.2) is 21.5 Å². The highest BCUT2D eigenvalue weighted by molar-refractivity contribution is 8.22. The Kier molecular flexibility index (Phi) is 3.24. The molecule has 92 valence electrons. The number of nitriles is 2. The molecule has 0 saturated carbocycles. The van der Waals surface area contributed by atoms with Crippen LogP contribution in [0.5, 0.6) is 0 Å². The van der Waals surface area contributed by atoms with E-state index in [4.69, 9.17) is 22.1 Å². The molecule has 7 heteroatoms. The van der Waals surface area contributed by atoms with Crippen molar-refractivity contribution in [1.82, 2.24) is 0 Å². The Morgan fingerprint density at radius 2 is 2.05 bits per heavy atom. The van der Waals surface area contributed by atoms with E-state index in [0.29, 0.717) is 9.81 Å².